The molecule has 0 fully saturated rings. The molecular weight excluding hydrogens is 252 g/mol. The summed E-state index contributed by atoms with van der Waals surface area (Å²) in [5, 5.41) is 0. The molecule has 1 aromatic carbocycles. The fraction of sp³-hybridized carbons (Fsp3) is 0.588. The number of rotatable bonds is 6. The summed E-state index contributed by atoms with van der Waals surface area (Å²) < 4.78 is 10.7. The van der Waals surface area contributed by atoms with Crippen LogP contribution in [0.3, 0.4) is 0 Å². The Balaban J connectivity index is 2.73. The van der Waals surface area contributed by atoms with E-state index in [0.717, 1.165) is 12.8 Å². The Kier molecular flexibility index (Phi) is 6.21. The van der Waals surface area contributed by atoms with Gasteiger partial charge >= 0.3 is 5.97 Å². The first-order valence-electron chi connectivity index (χ1n) is 7.17. The summed E-state index contributed by atoms with van der Waals surface area (Å²) in [5.41, 5.74) is 1.69. The molecule has 0 saturated heterocycles. The number of carbonyl (C=O) groups is 1. The van der Waals surface area contributed by atoms with Crippen molar-refractivity contribution in [3.05, 3.63) is 35.4 Å². The van der Waals surface area contributed by atoms with Crippen molar-refractivity contribution in [2.75, 3.05) is 13.7 Å². The van der Waals surface area contributed by atoms with E-state index in [1.54, 1.807) is 7.11 Å². The number of ether oxygens (including phenoxy) is 2. The maximum Gasteiger partial charge on any atom is 0.338 e. The van der Waals surface area contributed by atoms with Crippen molar-refractivity contribution in [3.63, 3.8) is 0 Å². The third-order valence-corrected chi connectivity index (χ3v) is 3.26. The van der Waals surface area contributed by atoms with Crippen LogP contribution in [0.5, 0.6) is 0 Å². The van der Waals surface area contributed by atoms with Crippen molar-refractivity contribution in [1.29, 1.82) is 0 Å². The van der Waals surface area contributed by atoms with Crippen LogP contribution in [-0.4, -0.2) is 25.8 Å². The summed E-state index contributed by atoms with van der Waals surface area (Å²) >= 11 is 0. The summed E-state index contributed by atoms with van der Waals surface area (Å²) in [6.45, 7) is 8.65. The Labute approximate surface area is 122 Å². The van der Waals surface area contributed by atoms with Crippen molar-refractivity contribution in [2.45, 2.75) is 46.6 Å². The summed E-state index contributed by atoms with van der Waals surface area (Å²) in [5.74, 6) is -0.287. The van der Waals surface area contributed by atoms with Crippen LogP contribution in [0.2, 0.25) is 0 Å². The van der Waals surface area contributed by atoms with Gasteiger partial charge in [0, 0.05) is 12.5 Å². The summed E-state index contributed by atoms with van der Waals surface area (Å²) in [4.78, 5) is 12.2. The molecule has 1 aromatic rings. The van der Waals surface area contributed by atoms with E-state index in [4.69, 9.17) is 9.47 Å². The molecule has 0 radical (unpaired) electrons. The second kappa shape index (κ2) is 7.44. The quantitative estimate of drug-likeness (QED) is 0.741. The van der Waals surface area contributed by atoms with Crippen molar-refractivity contribution in [3.8, 4) is 0 Å². The van der Waals surface area contributed by atoms with Gasteiger partial charge in [-0.15, -0.1) is 0 Å². The van der Waals surface area contributed by atoms with Crippen LogP contribution in [0.15, 0.2) is 24.3 Å². The second-order valence-electron chi connectivity index (χ2n) is 6.16. The Morgan fingerprint density at radius 2 is 1.80 bits per heavy atom. The summed E-state index contributed by atoms with van der Waals surface area (Å²) in [6, 6.07) is 7.64. The lowest BCUT2D eigenvalue weighted by atomic mass is 9.89. The molecule has 0 amide bonds. The Morgan fingerprint density at radius 1 is 1.20 bits per heavy atom. The molecule has 0 aliphatic heterocycles. The molecule has 1 unspecified atom stereocenters. The maximum atomic E-state index is 12.2. The molecule has 0 aromatic heterocycles. The number of esters is 1. The monoisotopic (exact) mass is 278 g/mol. The van der Waals surface area contributed by atoms with Crippen LogP contribution in [0.1, 0.15) is 50.0 Å². The number of methoxy groups -OCH3 is 1. The minimum Gasteiger partial charge on any atom is -0.456 e. The highest BCUT2D eigenvalue weighted by atomic mass is 16.6. The van der Waals surface area contributed by atoms with Crippen LogP contribution in [0.4, 0.5) is 0 Å². The van der Waals surface area contributed by atoms with E-state index in [9.17, 15) is 4.79 Å². The second-order valence-corrected chi connectivity index (χ2v) is 6.16. The zero-order valence-electron chi connectivity index (χ0n) is 13.2. The van der Waals surface area contributed by atoms with Gasteiger partial charge in [0.1, 0.15) is 6.10 Å². The Hall–Kier alpha value is -1.35. The van der Waals surface area contributed by atoms with E-state index in [-0.39, 0.29) is 17.5 Å². The molecule has 112 valence electrons. The van der Waals surface area contributed by atoms with E-state index in [1.165, 1.54) is 5.56 Å². The first-order chi connectivity index (χ1) is 9.38. The van der Waals surface area contributed by atoms with Crippen LogP contribution < -0.4 is 0 Å². The lowest BCUT2D eigenvalue weighted by molar-refractivity contribution is -0.0351. The van der Waals surface area contributed by atoms with Gasteiger partial charge < -0.3 is 9.47 Å². The van der Waals surface area contributed by atoms with Gasteiger partial charge in [0.2, 0.25) is 0 Å². The zero-order valence-corrected chi connectivity index (χ0v) is 13.2. The first-order valence-corrected chi connectivity index (χ1v) is 7.17. The van der Waals surface area contributed by atoms with Crippen LogP contribution >= 0.6 is 0 Å². The highest BCUT2D eigenvalue weighted by Gasteiger charge is 2.28. The van der Waals surface area contributed by atoms with E-state index >= 15 is 0 Å². The predicted molar refractivity (Wildman–Crippen MR) is 81.0 cm³/mol. The molecule has 0 saturated carbocycles. The third-order valence-electron chi connectivity index (χ3n) is 3.26. The normalized spacial score (nSPS) is 13.1. The van der Waals surface area contributed by atoms with E-state index < -0.39 is 0 Å². The van der Waals surface area contributed by atoms with E-state index in [1.807, 2.05) is 45.0 Å². The minimum absolute atomic E-state index is 0.145. The van der Waals surface area contributed by atoms with Gasteiger partial charge in [-0.05, 0) is 24.1 Å². The standard InChI is InChI=1S/C17H26O3/c1-6-7-13-8-10-14(11-9-13)16(18)20-15(12-19-5)17(2,3)4/h8-11,15H,6-7,12H2,1-5H3. The SMILES string of the molecule is CCCc1ccc(C(=O)OC(COC)C(C)(C)C)cc1. The number of hydrogen-bond donors (Lipinski definition) is 0. The van der Waals surface area contributed by atoms with Crippen LogP contribution in [0, 0.1) is 5.41 Å². The van der Waals surface area contributed by atoms with Crippen molar-refractivity contribution in [1.82, 2.24) is 0 Å². The first kappa shape index (κ1) is 16.7. The van der Waals surface area contributed by atoms with Crippen molar-refractivity contribution >= 4 is 5.97 Å². The predicted octanol–water partition coefficient (Wildman–Crippen LogP) is 3.86. The molecule has 3 nitrogen and oxygen atoms in total. The number of benzene rings is 1. The number of carbonyl (C=O) groups excluding carboxylic acids is 1. The van der Waals surface area contributed by atoms with Gasteiger partial charge in [-0.25, -0.2) is 4.79 Å². The lowest BCUT2D eigenvalue weighted by Gasteiger charge is -2.29. The van der Waals surface area contributed by atoms with Gasteiger partial charge in [0.15, 0.2) is 0 Å². The van der Waals surface area contributed by atoms with Gasteiger partial charge in [-0.2, -0.15) is 0 Å². The molecule has 0 aliphatic carbocycles. The zero-order chi connectivity index (χ0) is 15.2. The molecule has 0 spiro atoms. The fourth-order valence-electron chi connectivity index (χ4n) is 1.91. The molecule has 0 bridgehead atoms. The third kappa shape index (κ3) is 4.97. The van der Waals surface area contributed by atoms with E-state index in [2.05, 4.69) is 6.92 Å². The average Bonchev–Trinajstić information content (AvgIpc) is 2.38. The largest absolute Gasteiger partial charge is 0.456 e. The molecule has 3 heteroatoms. The summed E-state index contributed by atoms with van der Waals surface area (Å²) in [7, 11) is 1.62. The Morgan fingerprint density at radius 3 is 2.25 bits per heavy atom. The van der Waals surface area contributed by atoms with Gasteiger partial charge in [0.05, 0.1) is 12.2 Å². The highest BCUT2D eigenvalue weighted by molar-refractivity contribution is 5.89. The molecular formula is C17H26O3. The summed E-state index contributed by atoms with van der Waals surface area (Å²) in [6.07, 6.45) is 1.88. The molecule has 1 atom stereocenters. The fourth-order valence-corrected chi connectivity index (χ4v) is 1.91. The van der Waals surface area contributed by atoms with Crippen LogP contribution in [0.25, 0.3) is 0 Å². The van der Waals surface area contributed by atoms with Gasteiger partial charge in [-0.1, -0.05) is 46.2 Å². The number of hydrogen-bond acceptors (Lipinski definition) is 3. The Bertz CT molecular complexity index is 415. The van der Waals surface area contributed by atoms with Crippen molar-refractivity contribution in [2.24, 2.45) is 5.41 Å². The lowest BCUT2D eigenvalue weighted by Crippen LogP contribution is -2.35. The molecule has 20 heavy (non-hydrogen) atoms. The van der Waals surface area contributed by atoms with E-state index in [0.29, 0.717) is 12.2 Å². The molecule has 1 rings (SSSR count). The minimum atomic E-state index is -0.287. The highest BCUT2D eigenvalue weighted by Crippen LogP contribution is 2.23. The van der Waals surface area contributed by atoms with Crippen molar-refractivity contribution < 1.29 is 14.3 Å². The maximum absolute atomic E-state index is 12.2. The van der Waals surface area contributed by atoms with Gasteiger partial charge in [0.25, 0.3) is 0 Å². The molecule has 0 heterocycles. The average molecular weight is 278 g/mol. The van der Waals surface area contributed by atoms with Crippen LogP contribution in [-0.2, 0) is 15.9 Å². The topological polar surface area (TPSA) is 35.5 Å². The number of aryl methyl sites for hydroxylation is 1. The smallest absolute Gasteiger partial charge is 0.338 e. The molecule has 0 aliphatic rings. The van der Waals surface area contributed by atoms with Gasteiger partial charge in [-0.3, -0.25) is 0 Å². The molecule has 0 N–H and O–H groups in total.